The number of nitrogens with two attached hydrogens (primary N) is 1. The summed E-state index contributed by atoms with van der Waals surface area (Å²) in [5.41, 5.74) is 10.8. The molecule has 0 spiro atoms. The van der Waals surface area contributed by atoms with Crippen LogP contribution in [-0.4, -0.2) is 26.7 Å². The summed E-state index contributed by atoms with van der Waals surface area (Å²) in [6.07, 6.45) is 0.993. The molecule has 1 unspecified atom stereocenters. The molecule has 0 bridgehead atoms. The van der Waals surface area contributed by atoms with Crippen molar-refractivity contribution in [3.63, 3.8) is 0 Å². The fourth-order valence-electron chi connectivity index (χ4n) is 2.34. The van der Waals surface area contributed by atoms with E-state index in [2.05, 4.69) is 39.1 Å². The fraction of sp³-hybridized carbons (Fsp3) is 0.625. The van der Waals surface area contributed by atoms with Gasteiger partial charge < -0.3 is 15.8 Å². The monoisotopic (exact) mass is 264 g/mol. The van der Waals surface area contributed by atoms with Gasteiger partial charge in [0.1, 0.15) is 5.75 Å². The van der Waals surface area contributed by atoms with Gasteiger partial charge in [0, 0.05) is 0 Å². The molecule has 0 saturated heterocycles. The smallest absolute Gasteiger partial charge is 0.125 e. The Balaban J connectivity index is 2.70. The second kappa shape index (κ2) is 7.51. The van der Waals surface area contributed by atoms with Crippen molar-refractivity contribution in [2.45, 2.75) is 34.1 Å². The lowest BCUT2D eigenvalue weighted by Crippen LogP contribution is -2.27. The molecule has 1 rings (SSSR count). The number of aryl methyl sites for hydroxylation is 2. The Bertz CT molecular complexity index is 416. The molecule has 0 radical (unpaired) electrons. The van der Waals surface area contributed by atoms with Crippen LogP contribution in [0.15, 0.2) is 6.07 Å². The SMILES string of the molecule is COc1c(C)c(C)cc(C)c1CCNCC(C)CN. The zero-order valence-electron chi connectivity index (χ0n) is 13.0. The number of ether oxygens (including phenoxy) is 1. The lowest BCUT2D eigenvalue weighted by molar-refractivity contribution is 0.404. The maximum absolute atomic E-state index is 5.61. The van der Waals surface area contributed by atoms with Crippen LogP contribution in [0.4, 0.5) is 0 Å². The van der Waals surface area contributed by atoms with Gasteiger partial charge in [-0.25, -0.2) is 0 Å². The molecule has 19 heavy (non-hydrogen) atoms. The van der Waals surface area contributed by atoms with Crippen molar-refractivity contribution in [1.82, 2.24) is 5.32 Å². The van der Waals surface area contributed by atoms with Crippen molar-refractivity contribution >= 4 is 0 Å². The Morgan fingerprint density at radius 1 is 1.26 bits per heavy atom. The number of hydrogen-bond acceptors (Lipinski definition) is 3. The van der Waals surface area contributed by atoms with Crippen molar-refractivity contribution in [1.29, 1.82) is 0 Å². The molecule has 0 aromatic heterocycles. The molecule has 1 aromatic carbocycles. The van der Waals surface area contributed by atoms with Gasteiger partial charge in [0.15, 0.2) is 0 Å². The number of hydrogen-bond donors (Lipinski definition) is 2. The summed E-state index contributed by atoms with van der Waals surface area (Å²) in [4.78, 5) is 0. The average molecular weight is 264 g/mol. The molecular weight excluding hydrogens is 236 g/mol. The largest absolute Gasteiger partial charge is 0.496 e. The Hall–Kier alpha value is -1.06. The van der Waals surface area contributed by atoms with Gasteiger partial charge in [0.05, 0.1) is 7.11 Å². The Kier molecular flexibility index (Phi) is 6.32. The van der Waals surface area contributed by atoms with E-state index in [1.54, 1.807) is 7.11 Å². The van der Waals surface area contributed by atoms with E-state index in [0.717, 1.165) is 31.8 Å². The molecule has 3 N–H and O–H groups in total. The van der Waals surface area contributed by atoms with Gasteiger partial charge in [0.2, 0.25) is 0 Å². The lowest BCUT2D eigenvalue weighted by Gasteiger charge is -2.17. The van der Waals surface area contributed by atoms with Crippen LogP contribution in [0.3, 0.4) is 0 Å². The van der Waals surface area contributed by atoms with Crippen LogP contribution in [0.5, 0.6) is 5.75 Å². The third kappa shape index (κ3) is 4.22. The van der Waals surface area contributed by atoms with Crippen molar-refractivity contribution < 1.29 is 4.74 Å². The minimum Gasteiger partial charge on any atom is -0.496 e. The van der Waals surface area contributed by atoms with Crippen molar-refractivity contribution in [2.75, 3.05) is 26.7 Å². The summed E-state index contributed by atoms with van der Waals surface area (Å²) in [6, 6.07) is 2.25. The summed E-state index contributed by atoms with van der Waals surface area (Å²) in [5.74, 6) is 1.58. The first-order chi connectivity index (χ1) is 9.01. The number of nitrogens with one attached hydrogen (secondary N) is 1. The molecule has 1 atom stereocenters. The average Bonchev–Trinajstić information content (AvgIpc) is 2.39. The summed E-state index contributed by atoms with van der Waals surface area (Å²) >= 11 is 0. The van der Waals surface area contributed by atoms with E-state index in [9.17, 15) is 0 Å². The van der Waals surface area contributed by atoms with Gasteiger partial charge in [-0.2, -0.15) is 0 Å². The Morgan fingerprint density at radius 3 is 2.53 bits per heavy atom. The second-order valence-corrected chi connectivity index (χ2v) is 5.44. The third-order valence-electron chi connectivity index (χ3n) is 3.77. The predicted molar refractivity (Wildman–Crippen MR) is 82.0 cm³/mol. The van der Waals surface area contributed by atoms with E-state index in [1.165, 1.54) is 22.3 Å². The maximum atomic E-state index is 5.61. The number of rotatable bonds is 7. The van der Waals surface area contributed by atoms with Gasteiger partial charge in [0.25, 0.3) is 0 Å². The van der Waals surface area contributed by atoms with Crippen LogP contribution in [0, 0.1) is 26.7 Å². The van der Waals surface area contributed by atoms with Crippen LogP contribution in [-0.2, 0) is 6.42 Å². The molecule has 0 amide bonds. The molecule has 3 heteroatoms. The standard InChI is InChI=1S/C16H28N2O/c1-11(9-17)10-18-7-6-15-13(3)8-12(2)14(4)16(15)19-5/h8,11,18H,6-7,9-10,17H2,1-5H3. The minimum atomic E-state index is 0.530. The zero-order valence-corrected chi connectivity index (χ0v) is 13.0. The fourth-order valence-corrected chi connectivity index (χ4v) is 2.34. The molecule has 0 saturated carbocycles. The first kappa shape index (κ1) is 16.0. The van der Waals surface area contributed by atoms with Crippen LogP contribution >= 0.6 is 0 Å². The van der Waals surface area contributed by atoms with Gasteiger partial charge in [-0.05, 0) is 75.0 Å². The number of benzene rings is 1. The highest BCUT2D eigenvalue weighted by molar-refractivity contribution is 5.49. The van der Waals surface area contributed by atoms with E-state index >= 15 is 0 Å². The highest BCUT2D eigenvalue weighted by atomic mass is 16.5. The minimum absolute atomic E-state index is 0.530. The highest BCUT2D eigenvalue weighted by Gasteiger charge is 2.11. The van der Waals surface area contributed by atoms with E-state index in [1.807, 2.05) is 0 Å². The topological polar surface area (TPSA) is 47.3 Å². The van der Waals surface area contributed by atoms with E-state index in [0.29, 0.717) is 5.92 Å². The first-order valence-electron chi connectivity index (χ1n) is 7.05. The predicted octanol–water partition coefficient (Wildman–Crippen LogP) is 2.35. The molecular formula is C16H28N2O. The van der Waals surface area contributed by atoms with Crippen LogP contribution < -0.4 is 15.8 Å². The van der Waals surface area contributed by atoms with Crippen molar-refractivity contribution in [3.8, 4) is 5.75 Å². The van der Waals surface area contributed by atoms with E-state index in [4.69, 9.17) is 10.5 Å². The second-order valence-electron chi connectivity index (χ2n) is 5.44. The van der Waals surface area contributed by atoms with E-state index < -0.39 is 0 Å². The molecule has 1 aromatic rings. The Labute approximate surface area is 117 Å². The summed E-state index contributed by atoms with van der Waals surface area (Å²) in [7, 11) is 1.76. The third-order valence-corrected chi connectivity index (χ3v) is 3.77. The molecule has 0 aliphatic carbocycles. The van der Waals surface area contributed by atoms with Gasteiger partial charge in [-0.3, -0.25) is 0 Å². The van der Waals surface area contributed by atoms with Gasteiger partial charge in [-0.15, -0.1) is 0 Å². The lowest BCUT2D eigenvalue weighted by atomic mass is 9.97. The molecule has 0 aliphatic heterocycles. The molecule has 3 nitrogen and oxygen atoms in total. The van der Waals surface area contributed by atoms with Gasteiger partial charge in [-0.1, -0.05) is 13.0 Å². The zero-order chi connectivity index (χ0) is 14.4. The normalized spacial score (nSPS) is 12.5. The quantitative estimate of drug-likeness (QED) is 0.743. The van der Waals surface area contributed by atoms with Crippen molar-refractivity contribution in [2.24, 2.45) is 11.7 Å². The van der Waals surface area contributed by atoms with E-state index in [-0.39, 0.29) is 0 Å². The molecule has 0 aliphatic rings. The molecule has 108 valence electrons. The Morgan fingerprint density at radius 2 is 1.95 bits per heavy atom. The summed E-state index contributed by atoms with van der Waals surface area (Å²) in [6.45, 7) is 11.3. The molecule has 0 fully saturated rings. The van der Waals surface area contributed by atoms with Crippen LogP contribution in [0.2, 0.25) is 0 Å². The van der Waals surface area contributed by atoms with Crippen LogP contribution in [0.25, 0.3) is 0 Å². The summed E-state index contributed by atoms with van der Waals surface area (Å²) in [5, 5.41) is 3.46. The van der Waals surface area contributed by atoms with Gasteiger partial charge >= 0.3 is 0 Å². The first-order valence-corrected chi connectivity index (χ1v) is 7.05. The molecule has 0 heterocycles. The number of methoxy groups -OCH3 is 1. The highest BCUT2D eigenvalue weighted by Crippen LogP contribution is 2.29. The maximum Gasteiger partial charge on any atom is 0.125 e. The summed E-state index contributed by atoms with van der Waals surface area (Å²) < 4.78 is 5.59. The van der Waals surface area contributed by atoms with Crippen LogP contribution in [0.1, 0.15) is 29.2 Å². The van der Waals surface area contributed by atoms with Crippen molar-refractivity contribution in [3.05, 3.63) is 28.3 Å².